The quantitative estimate of drug-likeness (QED) is 0.654. The first-order chi connectivity index (χ1) is 13.4. The summed E-state index contributed by atoms with van der Waals surface area (Å²) in [6, 6.07) is 13.5. The van der Waals surface area contributed by atoms with E-state index in [1.54, 1.807) is 0 Å². The summed E-state index contributed by atoms with van der Waals surface area (Å²) in [5.41, 5.74) is 13.7. The Hall–Kier alpha value is -2.09. The van der Waals surface area contributed by atoms with Crippen LogP contribution in [-0.4, -0.2) is 5.91 Å². The summed E-state index contributed by atoms with van der Waals surface area (Å²) >= 11 is 0. The van der Waals surface area contributed by atoms with Crippen molar-refractivity contribution in [3.05, 3.63) is 69.8 Å². The number of benzene rings is 2. The molecule has 28 heavy (non-hydrogen) atoms. The van der Waals surface area contributed by atoms with Crippen molar-refractivity contribution in [3.63, 3.8) is 0 Å². The Morgan fingerprint density at radius 2 is 1.54 bits per heavy atom. The third-order valence-corrected chi connectivity index (χ3v) is 5.75. The molecule has 0 saturated heterocycles. The molecule has 2 nitrogen and oxygen atoms in total. The number of nitrogens with two attached hydrogens (primary N) is 1. The Morgan fingerprint density at radius 3 is 2.04 bits per heavy atom. The van der Waals surface area contributed by atoms with E-state index in [-0.39, 0.29) is 5.91 Å². The Bertz CT molecular complexity index is 775. The third kappa shape index (κ3) is 5.04. The molecule has 2 heteroatoms. The van der Waals surface area contributed by atoms with Gasteiger partial charge >= 0.3 is 0 Å². The van der Waals surface area contributed by atoms with E-state index in [1.165, 1.54) is 34.2 Å². The minimum Gasteiger partial charge on any atom is -0.369 e. The second kappa shape index (κ2) is 9.91. The number of carbonyl (C=O) groups excluding carboxylic acids is 1. The average Bonchev–Trinajstić information content (AvgIpc) is 2.68. The van der Waals surface area contributed by atoms with Gasteiger partial charge < -0.3 is 5.73 Å². The molecule has 0 saturated carbocycles. The smallest absolute Gasteiger partial charge is 0.221 e. The molecule has 0 aromatic heterocycles. The molecule has 0 radical (unpaired) electrons. The standard InChI is InChI=1S/C24H31NO.C2H6/c1-15(2)21-12-20(13-22(16(3)4)23(21)14-24(25)26)19-10-9-17-7-5-6-8-18(17)11-19;1-2/h5-8,12-13,15-16,19H,9-11,14H2,1-4H3,(H2,25,26);1-2H3. The van der Waals surface area contributed by atoms with E-state index >= 15 is 0 Å². The second-order valence-corrected chi connectivity index (χ2v) is 8.34. The maximum atomic E-state index is 11.7. The van der Waals surface area contributed by atoms with E-state index in [9.17, 15) is 4.79 Å². The highest BCUT2D eigenvalue weighted by atomic mass is 16.1. The normalized spacial score (nSPS) is 15.8. The van der Waals surface area contributed by atoms with Crippen LogP contribution < -0.4 is 5.73 Å². The van der Waals surface area contributed by atoms with Gasteiger partial charge in [-0.3, -0.25) is 4.79 Å². The lowest BCUT2D eigenvalue weighted by atomic mass is 9.77. The molecule has 1 aliphatic carbocycles. The van der Waals surface area contributed by atoms with E-state index in [0.717, 1.165) is 18.4 Å². The number of rotatable bonds is 5. The molecule has 2 aromatic carbocycles. The van der Waals surface area contributed by atoms with Gasteiger partial charge in [0.2, 0.25) is 5.91 Å². The molecule has 1 aliphatic rings. The van der Waals surface area contributed by atoms with Gasteiger partial charge in [-0.2, -0.15) is 0 Å². The van der Waals surface area contributed by atoms with E-state index in [4.69, 9.17) is 5.73 Å². The SMILES string of the molecule is CC.CC(C)c1cc(C2CCc3ccccc3C2)cc(C(C)C)c1CC(N)=O. The molecule has 0 heterocycles. The van der Waals surface area contributed by atoms with Crippen molar-refractivity contribution in [2.24, 2.45) is 5.73 Å². The van der Waals surface area contributed by atoms with Gasteiger partial charge in [0.05, 0.1) is 6.42 Å². The Balaban J connectivity index is 0.00000136. The summed E-state index contributed by atoms with van der Waals surface area (Å²) in [6.45, 7) is 12.8. The number of hydrogen-bond acceptors (Lipinski definition) is 1. The molecule has 152 valence electrons. The first kappa shape index (κ1) is 22.2. The van der Waals surface area contributed by atoms with Crippen LogP contribution >= 0.6 is 0 Å². The van der Waals surface area contributed by atoms with Crippen LogP contribution in [0, 0.1) is 0 Å². The predicted octanol–water partition coefficient (Wildman–Crippen LogP) is 6.26. The lowest BCUT2D eigenvalue weighted by molar-refractivity contribution is -0.117. The first-order valence-corrected chi connectivity index (χ1v) is 10.9. The maximum absolute atomic E-state index is 11.7. The molecule has 0 fully saturated rings. The summed E-state index contributed by atoms with van der Waals surface area (Å²) in [6.07, 6.45) is 3.80. The van der Waals surface area contributed by atoms with Gasteiger partial charge in [-0.15, -0.1) is 0 Å². The van der Waals surface area contributed by atoms with Crippen LogP contribution in [0.25, 0.3) is 0 Å². The number of fused-ring (bicyclic) bond motifs is 1. The van der Waals surface area contributed by atoms with Crippen LogP contribution in [0.15, 0.2) is 36.4 Å². The maximum Gasteiger partial charge on any atom is 0.221 e. The number of primary amides is 1. The van der Waals surface area contributed by atoms with Gasteiger partial charge in [0.25, 0.3) is 0 Å². The molecule has 2 aromatic rings. The minimum atomic E-state index is -0.242. The lowest BCUT2D eigenvalue weighted by Gasteiger charge is -2.28. The van der Waals surface area contributed by atoms with E-state index in [0.29, 0.717) is 24.2 Å². The fourth-order valence-corrected chi connectivity index (χ4v) is 4.37. The molecule has 0 aliphatic heterocycles. The van der Waals surface area contributed by atoms with Gasteiger partial charge in [0.1, 0.15) is 0 Å². The summed E-state index contributed by atoms with van der Waals surface area (Å²) < 4.78 is 0. The van der Waals surface area contributed by atoms with Crippen molar-refractivity contribution in [3.8, 4) is 0 Å². The van der Waals surface area contributed by atoms with Gasteiger partial charge in [-0.25, -0.2) is 0 Å². The molecule has 0 bridgehead atoms. The summed E-state index contributed by atoms with van der Waals surface area (Å²) in [7, 11) is 0. The molecule has 2 N–H and O–H groups in total. The highest BCUT2D eigenvalue weighted by Crippen LogP contribution is 2.37. The zero-order valence-electron chi connectivity index (χ0n) is 18.5. The van der Waals surface area contributed by atoms with Crippen molar-refractivity contribution in [2.45, 2.75) is 85.0 Å². The Labute approximate surface area is 171 Å². The molecule has 3 rings (SSSR count). The average molecular weight is 380 g/mol. The van der Waals surface area contributed by atoms with Crippen LogP contribution in [0.3, 0.4) is 0 Å². The Morgan fingerprint density at radius 1 is 1.00 bits per heavy atom. The summed E-state index contributed by atoms with van der Waals surface area (Å²) in [5, 5.41) is 0. The lowest BCUT2D eigenvalue weighted by Crippen LogP contribution is -2.19. The molecular formula is C26H37NO. The molecule has 1 atom stereocenters. The van der Waals surface area contributed by atoms with E-state index < -0.39 is 0 Å². The third-order valence-electron chi connectivity index (χ3n) is 5.75. The van der Waals surface area contributed by atoms with Crippen LogP contribution in [-0.2, 0) is 24.1 Å². The van der Waals surface area contributed by atoms with Gasteiger partial charge in [-0.05, 0) is 70.4 Å². The topological polar surface area (TPSA) is 43.1 Å². The largest absolute Gasteiger partial charge is 0.369 e. The van der Waals surface area contributed by atoms with E-state index in [2.05, 4.69) is 64.1 Å². The molecular weight excluding hydrogens is 342 g/mol. The van der Waals surface area contributed by atoms with Crippen LogP contribution in [0.1, 0.15) is 99.1 Å². The molecule has 1 unspecified atom stereocenters. The van der Waals surface area contributed by atoms with Crippen molar-refractivity contribution in [1.29, 1.82) is 0 Å². The van der Waals surface area contributed by atoms with E-state index in [1.807, 2.05) is 13.8 Å². The van der Waals surface area contributed by atoms with Crippen molar-refractivity contribution in [2.75, 3.05) is 0 Å². The predicted molar refractivity (Wildman–Crippen MR) is 120 cm³/mol. The van der Waals surface area contributed by atoms with Gasteiger partial charge in [-0.1, -0.05) is 77.9 Å². The summed E-state index contributed by atoms with van der Waals surface area (Å²) in [5.74, 6) is 1.09. The highest BCUT2D eigenvalue weighted by Gasteiger charge is 2.24. The van der Waals surface area contributed by atoms with Gasteiger partial charge in [0, 0.05) is 0 Å². The number of hydrogen-bond donors (Lipinski definition) is 1. The fourth-order valence-electron chi connectivity index (χ4n) is 4.37. The van der Waals surface area contributed by atoms with Crippen LogP contribution in [0.4, 0.5) is 0 Å². The fraction of sp³-hybridized carbons (Fsp3) is 0.500. The van der Waals surface area contributed by atoms with Crippen molar-refractivity contribution in [1.82, 2.24) is 0 Å². The minimum absolute atomic E-state index is 0.242. The monoisotopic (exact) mass is 379 g/mol. The van der Waals surface area contributed by atoms with Crippen LogP contribution in [0.5, 0.6) is 0 Å². The first-order valence-electron chi connectivity index (χ1n) is 10.9. The van der Waals surface area contributed by atoms with Crippen molar-refractivity contribution >= 4 is 5.91 Å². The zero-order valence-corrected chi connectivity index (χ0v) is 18.5. The van der Waals surface area contributed by atoms with Gasteiger partial charge in [0.15, 0.2) is 0 Å². The summed E-state index contributed by atoms with van der Waals surface area (Å²) in [4.78, 5) is 11.7. The van der Waals surface area contributed by atoms with Crippen LogP contribution in [0.2, 0.25) is 0 Å². The Kier molecular flexibility index (Phi) is 7.86. The second-order valence-electron chi connectivity index (χ2n) is 8.34. The highest BCUT2D eigenvalue weighted by molar-refractivity contribution is 5.77. The number of amides is 1. The molecule has 1 amide bonds. The van der Waals surface area contributed by atoms with Crippen molar-refractivity contribution < 1.29 is 4.79 Å². The number of aryl methyl sites for hydroxylation is 1. The number of carbonyl (C=O) groups is 1. The zero-order chi connectivity index (χ0) is 20.8. The molecule has 0 spiro atoms.